The molecule has 0 radical (unpaired) electrons. The summed E-state index contributed by atoms with van der Waals surface area (Å²) in [5.41, 5.74) is 5.28. The summed E-state index contributed by atoms with van der Waals surface area (Å²) >= 11 is 4.73. The van der Waals surface area contributed by atoms with E-state index in [2.05, 4.69) is 26.8 Å². The van der Waals surface area contributed by atoms with Gasteiger partial charge in [0.15, 0.2) is 6.61 Å². The number of hydrazine groups is 1. The van der Waals surface area contributed by atoms with E-state index in [0.29, 0.717) is 15.6 Å². The molecular formula is C16H15BrN2O4S. The lowest BCUT2D eigenvalue weighted by Gasteiger charge is -2.09. The molecule has 0 aliphatic rings. The highest BCUT2D eigenvalue weighted by molar-refractivity contribution is 9.10. The summed E-state index contributed by atoms with van der Waals surface area (Å²) in [5.74, 6) is -1.68. The molecule has 1 aromatic heterocycles. The fraction of sp³-hybridized carbons (Fsp3) is 0.188. The van der Waals surface area contributed by atoms with Crippen molar-refractivity contribution in [1.82, 2.24) is 10.9 Å². The molecule has 0 aliphatic heterocycles. The number of carbonyl (C=O) groups is 3. The highest BCUT2D eigenvalue weighted by atomic mass is 79.9. The maximum Gasteiger partial charge on any atom is 0.339 e. The lowest BCUT2D eigenvalue weighted by molar-refractivity contribution is -0.125. The van der Waals surface area contributed by atoms with Gasteiger partial charge in [0.05, 0.1) is 11.1 Å². The Bertz CT molecular complexity index is 788. The van der Waals surface area contributed by atoms with Gasteiger partial charge in [-0.3, -0.25) is 20.4 Å². The Morgan fingerprint density at radius 1 is 1.12 bits per heavy atom. The zero-order valence-corrected chi connectivity index (χ0v) is 15.4. The fourth-order valence-electron chi connectivity index (χ4n) is 1.92. The van der Waals surface area contributed by atoms with Gasteiger partial charge in [0.1, 0.15) is 0 Å². The van der Waals surface area contributed by atoms with Gasteiger partial charge in [0.25, 0.3) is 11.8 Å². The lowest BCUT2D eigenvalue weighted by Crippen LogP contribution is -2.43. The minimum atomic E-state index is -0.631. The van der Waals surface area contributed by atoms with Crippen molar-refractivity contribution in [2.75, 3.05) is 6.61 Å². The number of esters is 1. The van der Waals surface area contributed by atoms with Crippen LogP contribution in [0, 0.1) is 13.8 Å². The van der Waals surface area contributed by atoms with Crippen LogP contribution in [0.4, 0.5) is 0 Å². The number of amides is 2. The number of hydrogen-bond acceptors (Lipinski definition) is 5. The van der Waals surface area contributed by atoms with Crippen LogP contribution >= 0.6 is 27.3 Å². The van der Waals surface area contributed by atoms with Crippen LogP contribution in [0.3, 0.4) is 0 Å². The summed E-state index contributed by atoms with van der Waals surface area (Å²) in [6.45, 7) is 3.22. The third-order valence-electron chi connectivity index (χ3n) is 3.03. The second kappa shape index (κ2) is 8.07. The molecule has 6 nitrogen and oxygen atoms in total. The SMILES string of the molecule is Cc1cc(C(=O)OCC(=O)NNC(=O)c2ccccc2Br)c(C)s1. The number of rotatable bonds is 4. The molecule has 2 amide bonds. The molecule has 0 spiro atoms. The van der Waals surface area contributed by atoms with Crippen molar-refractivity contribution in [2.45, 2.75) is 13.8 Å². The van der Waals surface area contributed by atoms with Gasteiger partial charge in [-0.2, -0.15) is 0 Å². The third kappa shape index (κ3) is 4.65. The Morgan fingerprint density at radius 2 is 1.83 bits per heavy atom. The predicted molar refractivity (Wildman–Crippen MR) is 93.8 cm³/mol. The van der Waals surface area contributed by atoms with Gasteiger partial charge in [0, 0.05) is 14.2 Å². The topological polar surface area (TPSA) is 84.5 Å². The molecule has 24 heavy (non-hydrogen) atoms. The molecular weight excluding hydrogens is 396 g/mol. The van der Waals surface area contributed by atoms with E-state index < -0.39 is 24.4 Å². The first-order valence-electron chi connectivity index (χ1n) is 6.96. The fourth-order valence-corrected chi connectivity index (χ4v) is 3.29. The number of benzene rings is 1. The first kappa shape index (κ1) is 18.2. The van der Waals surface area contributed by atoms with Gasteiger partial charge >= 0.3 is 5.97 Å². The molecule has 8 heteroatoms. The van der Waals surface area contributed by atoms with E-state index in [1.807, 2.05) is 13.8 Å². The molecule has 0 unspecified atom stereocenters. The Balaban J connectivity index is 1.81. The molecule has 2 N–H and O–H groups in total. The summed E-state index contributed by atoms with van der Waals surface area (Å²) in [7, 11) is 0. The van der Waals surface area contributed by atoms with E-state index in [1.54, 1.807) is 30.3 Å². The zero-order chi connectivity index (χ0) is 17.7. The van der Waals surface area contributed by atoms with E-state index in [1.165, 1.54) is 11.3 Å². The van der Waals surface area contributed by atoms with Crippen molar-refractivity contribution in [3.05, 3.63) is 55.7 Å². The normalized spacial score (nSPS) is 10.1. The molecule has 1 heterocycles. The van der Waals surface area contributed by atoms with Gasteiger partial charge in [-0.15, -0.1) is 11.3 Å². The molecule has 126 valence electrons. The predicted octanol–water partition coefficient (Wildman–Crippen LogP) is 2.75. The molecule has 0 saturated heterocycles. The van der Waals surface area contributed by atoms with Crippen LogP contribution in [0.2, 0.25) is 0 Å². The number of aryl methyl sites for hydroxylation is 2. The molecule has 2 aromatic rings. The first-order chi connectivity index (χ1) is 11.4. The molecule has 1 aromatic carbocycles. The van der Waals surface area contributed by atoms with Crippen LogP contribution in [0.15, 0.2) is 34.8 Å². The molecule has 0 fully saturated rings. The number of carbonyl (C=O) groups excluding carboxylic acids is 3. The van der Waals surface area contributed by atoms with Gasteiger partial charge < -0.3 is 4.74 Å². The highest BCUT2D eigenvalue weighted by Crippen LogP contribution is 2.21. The number of nitrogens with one attached hydrogen (secondary N) is 2. The van der Waals surface area contributed by atoms with Crippen molar-refractivity contribution in [1.29, 1.82) is 0 Å². The summed E-state index contributed by atoms with van der Waals surface area (Å²) in [4.78, 5) is 37.3. The van der Waals surface area contributed by atoms with E-state index in [-0.39, 0.29) is 0 Å². The van der Waals surface area contributed by atoms with Gasteiger partial charge in [-0.1, -0.05) is 12.1 Å². The van der Waals surface area contributed by atoms with Crippen LogP contribution in [0.5, 0.6) is 0 Å². The molecule has 0 bridgehead atoms. The van der Waals surface area contributed by atoms with Gasteiger partial charge in [0.2, 0.25) is 0 Å². The number of ether oxygens (including phenoxy) is 1. The second-order valence-corrected chi connectivity index (χ2v) is 7.20. The van der Waals surface area contributed by atoms with Crippen molar-refractivity contribution in [3.8, 4) is 0 Å². The Hall–Kier alpha value is -2.19. The number of thiophene rings is 1. The summed E-state index contributed by atoms with van der Waals surface area (Å²) < 4.78 is 5.54. The van der Waals surface area contributed by atoms with Crippen LogP contribution in [-0.4, -0.2) is 24.4 Å². The van der Waals surface area contributed by atoms with Crippen LogP contribution < -0.4 is 10.9 Å². The smallest absolute Gasteiger partial charge is 0.339 e. The number of hydrogen-bond donors (Lipinski definition) is 2. The summed E-state index contributed by atoms with van der Waals surface area (Å²) in [6.07, 6.45) is 0. The monoisotopic (exact) mass is 410 g/mol. The zero-order valence-electron chi connectivity index (χ0n) is 13.0. The molecule has 0 saturated carbocycles. The second-order valence-electron chi connectivity index (χ2n) is 4.89. The lowest BCUT2D eigenvalue weighted by atomic mass is 10.2. The van der Waals surface area contributed by atoms with Gasteiger partial charge in [-0.25, -0.2) is 4.79 Å². The van der Waals surface area contributed by atoms with Crippen LogP contribution in [0.25, 0.3) is 0 Å². The Morgan fingerprint density at radius 3 is 2.46 bits per heavy atom. The minimum Gasteiger partial charge on any atom is -0.452 e. The highest BCUT2D eigenvalue weighted by Gasteiger charge is 2.15. The molecule has 0 aliphatic carbocycles. The van der Waals surface area contributed by atoms with Crippen molar-refractivity contribution >= 4 is 45.1 Å². The standard InChI is InChI=1S/C16H15BrN2O4S/c1-9-7-12(10(2)24-9)16(22)23-8-14(20)18-19-15(21)11-5-3-4-6-13(11)17/h3-7H,8H2,1-2H3,(H,18,20)(H,19,21). The molecule has 0 atom stereocenters. The van der Waals surface area contributed by atoms with Crippen LogP contribution in [0.1, 0.15) is 30.5 Å². The first-order valence-corrected chi connectivity index (χ1v) is 8.57. The third-order valence-corrected chi connectivity index (χ3v) is 4.69. The average molecular weight is 411 g/mol. The van der Waals surface area contributed by atoms with E-state index in [0.717, 1.165) is 9.75 Å². The van der Waals surface area contributed by atoms with Gasteiger partial charge in [-0.05, 0) is 48.0 Å². The maximum atomic E-state index is 11.9. The van der Waals surface area contributed by atoms with Crippen LogP contribution in [-0.2, 0) is 9.53 Å². The Labute approximate surface area is 151 Å². The van der Waals surface area contributed by atoms with Crippen molar-refractivity contribution in [2.24, 2.45) is 0 Å². The number of halogens is 1. The average Bonchev–Trinajstić information content (AvgIpc) is 2.89. The summed E-state index contributed by atoms with van der Waals surface area (Å²) in [5, 5.41) is 0. The van der Waals surface area contributed by atoms with Crippen molar-refractivity contribution < 1.29 is 19.1 Å². The van der Waals surface area contributed by atoms with E-state index >= 15 is 0 Å². The summed E-state index contributed by atoms with van der Waals surface area (Å²) in [6, 6.07) is 8.51. The van der Waals surface area contributed by atoms with Crippen molar-refractivity contribution in [3.63, 3.8) is 0 Å². The van der Waals surface area contributed by atoms with E-state index in [9.17, 15) is 14.4 Å². The van der Waals surface area contributed by atoms with E-state index in [4.69, 9.17) is 4.74 Å². The molecule has 2 rings (SSSR count). The minimum absolute atomic E-state index is 0.374. The largest absolute Gasteiger partial charge is 0.452 e. The maximum absolute atomic E-state index is 11.9. The quantitative estimate of drug-likeness (QED) is 0.599. The Kier molecular flexibility index (Phi) is 6.10.